The number of halogens is 3. The highest BCUT2D eigenvalue weighted by Crippen LogP contribution is 2.44. The minimum absolute atomic E-state index is 0.142. The molecule has 2 aromatic carbocycles. The van der Waals surface area contributed by atoms with Gasteiger partial charge in [-0.2, -0.15) is 0 Å². The first-order chi connectivity index (χ1) is 13.0. The topological polar surface area (TPSA) is 41.1 Å². The van der Waals surface area contributed by atoms with Gasteiger partial charge in [0.2, 0.25) is 0 Å². The predicted octanol–water partition coefficient (Wildman–Crippen LogP) is 5.65. The van der Waals surface area contributed by atoms with Crippen LogP contribution < -0.4 is 10.6 Å². The van der Waals surface area contributed by atoms with Gasteiger partial charge in [0, 0.05) is 10.6 Å². The van der Waals surface area contributed by atoms with Crippen molar-refractivity contribution in [3.8, 4) is 0 Å². The van der Waals surface area contributed by atoms with Crippen LogP contribution in [-0.4, -0.2) is 18.0 Å². The highest BCUT2D eigenvalue weighted by atomic mass is 35.5. The Hall–Kier alpha value is -1.26. The van der Waals surface area contributed by atoms with Crippen LogP contribution in [0.25, 0.3) is 0 Å². The van der Waals surface area contributed by atoms with E-state index in [1.54, 1.807) is 12.1 Å². The van der Waals surface area contributed by atoms with Gasteiger partial charge in [0.25, 0.3) is 5.91 Å². The second-order valence-corrected chi connectivity index (χ2v) is 8.79. The molecule has 1 aliphatic carbocycles. The summed E-state index contributed by atoms with van der Waals surface area (Å²) < 4.78 is 0. The maximum absolute atomic E-state index is 13.1. The second-order valence-electron chi connectivity index (χ2n) is 7.54. The molecule has 6 heteroatoms. The van der Waals surface area contributed by atoms with E-state index < -0.39 is 0 Å². The number of carbonyl (C=O) groups is 1. The van der Waals surface area contributed by atoms with Crippen molar-refractivity contribution in [2.45, 2.75) is 37.3 Å². The van der Waals surface area contributed by atoms with Gasteiger partial charge >= 0.3 is 0 Å². The number of piperidine rings is 2. The summed E-state index contributed by atoms with van der Waals surface area (Å²) in [5, 5.41) is 7.87. The van der Waals surface area contributed by atoms with Gasteiger partial charge in [-0.3, -0.25) is 4.79 Å². The second kappa shape index (κ2) is 7.63. The Balaban J connectivity index is 1.69. The number of amides is 1. The van der Waals surface area contributed by atoms with Gasteiger partial charge in [-0.1, -0.05) is 65.1 Å². The predicted molar refractivity (Wildman–Crippen MR) is 111 cm³/mol. The Labute approximate surface area is 174 Å². The molecule has 5 rings (SSSR count). The summed E-state index contributed by atoms with van der Waals surface area (Å²) in [4.78, 5) is 13.1. The monoisotopic (exact) mass is 422 g/mol. The SMILES string of the molecule is O=C(NC(c1ccccc1)C12CCC(CC1)CN2)c1c(Cl)cc(Cl)cc1Cl. The highest BCUT2D eigenvalue weighted by Gasteiger charge is 2.46. The zero-order chi connectivity index (χ0) is 19.0. The lowest BCUT2D eigenvalue weighted by molar-refractivity contribution is 0.0676. The number of nitrogens with one attached hydrogen (secondary N) is 2. The molecule has 142 valence electrons. The summed E-state index contributed by atoms with van der Waals surface area (Å²) in [5.74, 6) is 0.471. The van der Waals surface area contributed by atoms with E-state index in [4.69, 9.17) is 34.8 Å². The van der Waals surface area contributed by atoms with E-state index in [0.29, 0.717) is 5.02 Å². The van der Waals surface area contributed by atoms with Gasteiger partial charge in [-0.05, 0) is 55.8 Å². The third-order valence-electron chi connectivity index (χ3n) is 5.94. The first-order valence-electron chi connectivity index (χ1n) is 9.24. The number of rotatable bonds is 4. The third-order valence-corrected chi connectivity index (χ3v) is 6.75. The smallest absolute Gasteiger partial charge is 0.254 e. The molecule has 0 aromatic heterocycles. The van der Waals surface area contributed by atoms with Crippen LogP contribution in [-0.2, 0) is 0 Å². The van der Waals surface area contributed by atoms with Crippen LogP contribution in [0.5, 0.6) is 0 Å². The Morgan fingerprint density at radius 3 is 2.26 bits per heavy atom. The minimum atomic E-state index is -0.278. The molecule has 0 radical (unpaired) electrons. The molecule has 2 aromatic rings. The average molecular weight is 424 g/mol. The standard InChI is InChI=1S/C21H21Cl3N2O/c22-15-10-16(23)18(17(24)11-15)20(27)26-19(14-4-2-1-3-5-14)21-8-6-13(7-9-21)12-25-21/h1-5,10-11,13,19,25H,6-9,12H2,(H,26,27). The van der Waals surface area contributed by atoms with E-state index in [-0.39, 0.29) is 33.1 Å². The number of fused-ring (bicyclic) bond motifs is 3. The molecular formula is C21H21Cl3N2O. The molecule has 0 spiro atoms. The van der Waals surface area contributed by atoms with E-state index in [1.165, 1.54) is 12.8 Å². The van der Waals surface area contributed by atoms with Crippen molar-refractivity contribution < 1.29 is 4.79 Å². The Morgan fingerprint density at radius 2 is 1.70 bits per heavy atom. The summed E-state index contributed by atoms with van der Waals surface area (Å²) in [6.07, 6.45) is 4.46. The molecule has 2 saturated heterocycles. The molecule has 2 aliphatic heterocycles. The number of benzene rings is 2. The molecule has 3 nitrogen and oxygen atoms in total. The van der Waals surface area contributed by atoms with Crippen molar-refractivity contribution in [2.75, 3.05) is 6.54 Å². The van der Waals surface area contributed by atoms with Gasteiger partial charge < -0.3 is 10.6 Å². The minimum Gasteiger partial charge on any atom is -0.343 e. The fourth-order valence-corrected chi connectivity index (χ4v) is 5.45. The average Bonchev–Trinajstić information content (AvgIpc) is 2.67. The summed E-state index contributed by atoms with van der Waals surface area (Å²) in [5.41, 5.74) is 1.21. The van der Waals surface area contributed by atoms with Crippen LogP contribution in [0, 0.1) is 5.92 Å². The van der Waals surface area contributed by atoms with Gasteiger partial charge in [-0.15, -0.1) is 0 Å². The van der Waals surface area contributed by atoms with Crippen LogP contribution in [0.2, 0.25) is 15.1 Å². The molecule has 3 aliphatic rings. The first kappa shape index (κ1) is 19.1. The van der Waals surface area contributed by atoms with E-state index in [1.807, 2.05) is 18.2 Å². The number of hydrogen-bond acceptors (Lipinski definition) is 2. The fourth-order valence-electron chi connectivity index (χ4n) is 4.46. The highest BCUT2D eigenvalue weighted by molar-refractivity contribution is 6.42. The van der Waals surface area contributed by atoms with Gasteiger partial charge in [0.1, 0.15) is 0 Å². The van der Waals surface area contributed by atoms with E-state index >= 15 is 0 Å². The quantitative estimate of drug-likeness (QED) is 0.667. The molecule has 3 fully saturated rings. The molecular weight excluding hydrogens is 403 g/mol. The van der Waals surface area contributed by atoms with Crippen LogP contribution >= 0.6 is 34.8 Å². The molecule has 1 saturated carbocycles. The van der Waals surface area contributed by atoms with Crippen LogP contribution in [0.15, 0.2) is 42.5 Å². The fraction of sp³-hybridized carbons (Fsp3) is 0.381. The normalized spacial score (nSPS) is 25.2. The van der Waals surface area contributed by atoms with Crippen LogP contribution in [0.4, 0.5) is 0 Å². The van der Waals surface area contributed by atoms with Crippen molar-refractivity contribution in [1.82, 2.24) is 10.6 Å². The molecule has 1 atom stereocenters. The van der Waals surface area contributed by atoms with E-state index in [2.05, 4.69) is 22.8 Å². The largest absolute Gasteiger partial charge is 0.343 e. The van der Waals surface area contributed by atoms with Crippen molar-refractivity contribution in [3.63, 3.8) is 0 Å². The lowest BCUT2D eigenvalue weighted by Gasteiger charge is -2.52. The summed E-state index contributed by atoms with van der Waals surface area (Å²) in [6, 6.07) is 13.0. The molecule has 1 unspecified atom stereocenters. The summed E-state index contributed by atoms with van der Waals surface area (Å²) in [6.45, 7) is 1.00. The van der Waals surface area contributed by atoms with Crippen LogP contribution in [0.3, 0.4) is 0 Å². The van der Waals surface area contributed by atoms with Gasteiger partial charge in [0.15, 0.2) is 0 Å². The maximum atomic E-state index is 13.1. The molecule has 27 heavy (non-hydrogen) atoms. The Bertz CT molecular complexity index is 811. The first-order valence-corrected chi connectivity index (χ1v) is 10.4. The molecule has 1 amide bonds. The molecule has 2 N–H and O–H groups in total. The lowest BCUT2D eigenvalue weighted by atomic mass is 9.67. The van der Waals surface area contributed by atoms with Crippen molar-refractivity contribution >= 4 is 40.7 Å². The lowest BCUT2D eigenvalue weighted by Crippen LogP contribution is -2.62. The number of carbonyl (C=O) groups excluding carboxylic acids is 1. The van der Waals surface area contributed by atoms with E-state index in [0.717, 1.165) is 30.9 Å². The van der Waals surface area contributed by atoms with Crippen molar-refractivity contribution in [3.05, 3.63) is 68.7 Å². The van der Waals surface area contributed by atoms with Gasteiger partial charge in [0.05, 0.1) is 21.7 Å². The zero-order valence-electron chi connectivity index (χ0n) is 14.8. The Morgan fingerprint density at radius 1 is 1.07 bits per heavy atom. The molecule has 2 bridgehead atoms. The third kappa shape index (κ3) is 3.71. The zero-order valence-corrected chi connectivity index (χ0v) is 17.0. The molecule has 2 heterocycles. The van der Waals surface area contributed by atoms with Crippen LogP contribution in [0.1, 0.15) is 47.6 Å². The number of hydrogen-bond donors (Lipinski definition) is 2. The van der Waals surface area contributed by atoms with Gasteiger partial charge in [-0.25, -0.2) is 0 Å². The summed E-state index contributed by atoms with van der Waals surface area (Å²) in [7, 11) is 0. The maximum Gasteiger partial charge on any atom is 0.254 e. The van der Waals surface area contributed by atoms with Crippen molar-refractivity contribution in [1.29, 1.82) is 0 Å². The van der Waals surface area contributed by atoms with E-state index in [9.17, 15) is 4.79 Å². The Kier molecular flexibility index (Phi) is 5.39. The summed E-state index contributed by atoms with van der Waals surface area (Å²) >= 11 is 18.5. The van der Waals surface area contributed by atoms with Crippen molar-refractivity contribution in [2.24, 2.45) is 5.92 Å².